The largest absolute Gasteiger partial charge is 0.466 e. The minimum atomic E-state index is -3.25. The third-order valence-corrected chi connectivity index (χ3v) is 6.63. The molecule has 0 aliphatic carbocycles. The maximum atomic E-state index is 14.9. The van der Waals surface area contributed by atoms with E-state index in [0.29, 0.717) is 31.0 Å². The molecule has 1 unspecified atom stereocenters. The number of carbonyl (C=O) groups is 1. The maximum absolute atomic E-state index is 14.9. The Morgan fingerprint density at radius 3 is 2.68 bits per heavy atom. The minimum absolute atomic E-state index is 0.0965. The van der Waals surface area contributed by atoms with Gasteiger partial charge in [-0.05, 0) is 30.5 Å². The van der Waals surface area contributed by atoms with Gasteiger partial charge in [0.2, 0.25) is 0 Å². The number of halogens is 4. The molecule has 1 aliphatic rings. The molecule has 0 radical (unpaired) electrons. The van der Waals surface area contributed by atoms with Gasteiger partial charge in [0.05, 0.1) is 12.3 Å². The van der Waals surface area contributed by atoms with E-state index in [9.17, 15) is 18.0 Å². The van der Waals surface area contributed by atoms with Gasteiger partial charge < -0.3 is 4.74 Å². The van der Waals surface area contributed by atoms with Crippen molar-refractivity contribution in [3.8, 4) is 11.4 Å². The SMILES string of the molecule is CCOC(=O)CC(C)CN1CCc2nc(-c3ccc(C(F)(F)Cc4ccc(Cl)cc4F)cc3)ncc2C1. The molecule has 37 heavy (non-hydrogen) atoms. The van der Waals surface area contributed by atoms with E-state index in [4.69, 9.17) is 16.3 Å². The normalized spacial score (nSPS) is 14.8. The van der Waals surface area contributed by atoms with Gasteiger partial charge in [0.15, 0.2) is 5.82 Å². The quantitative estimate of drug-likeness (QED) is 0.307. The first-order valence-corrected chi connectivity index (χ1v) is 12.7. The van der Waals surface area contributed by atoms with Crippen molar-refractivity contribution < 1.29 is 22.7 Å². The van der Waals surface area contributed by atoms with Crippen LogP contribution < -0.4 is 0 Å². The Morgan fingerprint density at radius 1 is 1.22 bits per heavy atom. The van der Waals surface area contributed by atoms with Gasteiger partial charge in [-0.3, -0.25) is 9.69 Å². The fraction of sp³-hybridized carbons (Fsp3) is 0.393. The molecular weight excluding hydrogens is 503 g/mol. The molecule has 2 aromatic carbocycles. The highest BCUT2D eigenvalue weighted by atomic mass is 35.5. The number of carbonyl (C=O) groups excluding carboxylic acids is 1. The van der Waals surface area contributed by atoms with E-state index < -0.39 is 18.2 Å². The topological polar surface area (TPSA) is 55.3 Å². The molecule has 0 N–H and O–H groups in total. The summed E-state index contributed by atoms with van der Waals surface area (Å²) >= 11 is 5.72. The number of nitrogens with zero attached hydrogens (tertiary/aromatic N) is 3. The summed E-state index contributed by atoms with van der Waals surface area (Å²) in [7, 11) is 0. The number of alkyl halides is 2. The Hall–Kier alpha value is -2.97. The molecule has 1 aliphatic heterocycles. The first-order chi connectivity index (χ1) is 17.6. The zero-order valence-corrected chi connectivity index (χ0v) is 21.6. The Morgan fingerprint density at radius 2 is 1.97 bits per heavy atom. The van der Waals surface area contributed by atoms with E-state index in [2.05, 4.69) is 14.9 Å². The molecule has 3 aromatic rings. The Kier molecular flexibility index (Phi) is 8.49. The molecule has 1 atom stereocenters. The monoisotopic (exact) mass is 531 g/mol. The summed E-state index contributed by atoms with van der Waals surface area (Å²) in [5.74, 6) is -3.53. The molecule has 196 valence electrons. The molecule has 4 rings (SSSR count). The third-order valence-electron chi connectivity index (χ3n) is 6.40. The second-order valence-corrected chi connectivity index (χ2v) is 9.90. The first kappa shape index (κ1) is 27.1. The second-order valence-electron chi connectivity index (χ2n) is 9.46. The van der Waals surface area contributed by atoms with Crippen LogP contribution in [0.5, 0.6) is 0 Å². The smallest absolute Gasteiger partial charge is 0.306 e. The molecule has 2 heterocycles. The Labute approximate surface area is 219 Å². The summed E-state index contributed by atoms with van der Waals surface area (Å²) in [6.45, 7) is 6.49. The summed E-state index contributed by atoms with van der Waals surface area (Å²) in [6, 6.07) is 9.51. The third kappa shape index (κ3) is 6.87. The fourth-order valence-corrected chi connectivity index (χ4v) is 4.71. The van der Waals surface area contributed by atoms with Crippen LogP contribution in [0, 0.1) is 11.7 Å². The number of ether oxygens (including phenoxy) is 1. The molecule has 0 spiro atoms. The molecule has 0 fully saturated rings. The number of hydrogen-bond donors (Lipinski definition) is 0. The molecule has 1 aromatic heterocycles. The molecular formula is C28H29ClF3N3O2. The van der Waals surface area contributed by atoms with Gasteiger partial charge in [-0.25, -0.2) is 23.1 Å². The van der Waals surface area contributed by atoms with Crippen molar-refractivity contribution >= 4 is 17.6 Å². The van der Waals surface area contributed by atoms with Crippen LogP contribution in [0.25, 0.3) is 11.4 Å². The summed E-state index contributed by atoms with van der Waals surface area (Å²) in [6.07, 6.45) is 2.14. The molecule has 0 bridgehead atoms. The van der Waals surface area contributed by atoms with Crippen LogP contribution in [-0.2, 0) is 34.8 Å². The highest BCUT2D eigenvalue weighted by Gasteiger charge is 2.33. The summed E-state index contributed by atoms with van der Waals surface area (Å²) in [4.78, 5) is 23.2. The summed E-state index contributed by atoms with van der Waals surface area (Å²) in [5, 5.41) is 0.162. The van der Waals surface area contributed by atoms with Crippen LogP contribution in [0.2, 0.25) is 5.02 Å². The minimum Gasteiger partial charge on any atom is -0.466 e. The summed E-state index contributed by atoms with van der Waals surface area (Å²) in [5.41, 5.74) is 2.28. The van der Waals surface area contributed by atoms with Crippen molar-refractivity contribution in [1.29, 1.82) is 0 Å². The van der Waals surface area contributed by atoms with Crippen molar-refractivity contribution in [2.24, 2.45) is 5.92 Å². The number of hydrogen-bond acceptors (Lipinski definition) is 5. The van der Waals surface area contributed by atoms with Crippen molar-refractivity contribution in [3.05, 3.63) is 81.9 Å². The lowest BCUT2D eigenvalue weighted by Gasteiger charge is -2.30. The molecule has 0 amide bonds. The highest BCUT2D eigenvalue weighted by molar-refractivity contribution is 6.30. The van der Waals surface area contributed by atoms with Crippen LogP contribution in [0.3, 0.4) is 0 Å². The zero-order chi connectivity index (χ0) is 26.6. The average Bonchev–Trinajstić information content (AvgIpc) is 2.85. The molecule has 0 saturated heterocycles. The van der Waals surface area contributed by atoms with E-state index in [1.165, 1.54) is 24.3 Å². The van der Waals surface area contributed by atoms with Crippen LogP contribution in [0.15, 0.2) is 48.7 Å². The van der Waals surface area contributed by atoms with Gasteiger partial charge in [-0.1, -0.05) is 48.9 Å². The number of esters is 1. The Bertz CT molecular complexity index is 1250. The lowest BCUT2D eigenvalue weighted by atomic mass is 9.98. The van der Waals surface area contributed by atoms with Crippen LogP contribution in [0.4, 0.5) is 13.2 Å². The van der Waals surface area contributed by atoms with Gasteiger partial charge in [0.25, 0.3) is 5.92 Å². The van der Waals surface area contributed by atoms with Gasteiger partial charge in [0, 0.05) is 66.8 Å². The van der Waals surface area contributed by atoms with Gasteiger partial charge in [-0.2, -0.15) is 0 Å². The average molecular weight is 532 g/mol. The molecule has 5 nitrogen and oxygen atoms in total. The van der Waals surface area contributed by atoms with Crippen LogP contribution >= 0.6 is 11.6 Å². The van der Waals surface area contributed by atoms with Crippen LogP contribution in [0.1, 0.15) is 42.7 Å². The Balaban J connectivity index is 1.41. The van der Waals surface area contributed by atoms with E-state index in [0.717, 1.165) is 36.8 Å². The van der Waals surface area contributed by atoms with Crippen LogP contribution in [-0.4, -0.2) is 40.5 Å². The van der Waals surface area contributed by atoms with E-state index in [1.807, 2.05) is 6.92 Å². The van der Waals surface area contributed by atoms with E-state index >= 15 is 0 Å². The van der Waals surface area contributed by atoms with Crippen molar-refractivity contribution in [1.82, 2.24) is 14.9 Å². The number of aromatic nitrogens is 2. The lowest BCUT2D eigenvalue weighted by molar-refractivity contribution is -0.144. The van der Waals surface area contributed by atoms with Crippen molar-refractivity contribution in [2.45, 2.75) is 45.6 Å². The highest BCUT2D eigenvalue weighted by Crippen LogP contribution is 2.34. The number of rotatable bonds is 9. The lowest BCUT2D eigenvalue weighted by Crippen LogP contribution is -2.35. The standard InChI is InChI=1S/C28H29ClF3N3O2/c1-3-37-26(36)12-18(2)16-35-11-10-25-21(17-35)15-33-27(34-25)19-4-7-22(8-5-19)28(31,32)14-20-6-9-23(29)13-24(20)30/h4-9,13,15,18H,3,10-12,14,16-17H2,1-2H3. The van der Waals surface area contributed by atoms with Crippen molar-refractivity contribution in [3.63, 3.8) is 0 Å². The van der Waals surface area contributed by atoms with Gasteiger partial charge >= 0.3 is 5.97 Å². The van der Waals surface area contributed by atoms with Crippen molar-refractivity contribution in [2.75, 3.05) is 19.7 Å². The molecule has 9 heteroatoms. The van der Waals surface area contributed by atoms with Gasteiger partial charge in [-0.15, -0.1) is 0 Å². The predicted octanol–water partition coefficient (Wildman–Crippen LogP) is 6.22. The maximum Gasteiger partial charge on any atom is 0.306 e. The second kappa shape index (κ2) is 11.6. The van der Waals surface area contributed by atoms with E-state index in [-0.39, 0.29) is 28.0 Å². The predicted molar refractivity (Wildman–Crippen MR) is 136 cm³/mol. The van der Waals surface area contributed by atoms with Gasteiger partial charge in [0.1, 0.15) is 5.82 Å². The number of fused-ring (bicyclic) bond motifs is 1. The fourth-order valence-electron chi connectivity index (χ4n) is 4.55. The number of benzene rings is 2. The molecule has 0 saturated carbocycles. The summed E-state index contributed by atoms with van der Waals surface area (Å²) < 4.78 is 48.8. The first-order valence-electron chi connectivity index (χ1n) is 12.3. The zero-order valence-electron chi connectivity index (χ0n) is 20.8. The van der Waals surface area contributed by atoms with E-state index in [1.54, 1.807) is 25.3 Å².